The maximum atomic E-state index is 9.95. The summed E-state index contributed by atoms with van der Waals surface area (Å²) in [5.74, 6) is 0.255. The minimum atomic E-state index is -0.223. The summed E-state index contributed by atoms with van der Waals surface area (Å²) in [7, 11) is 0. The van der Waals surface area contributed by atoms with Gasteiger partial charge in [-0.1, -0.05) is 34.7 Å². The van der Waals surface area contributed by atoms with Gasteiger partial charge in [0.2, 0.25) is 0 Å². The molecule has 1 unspecified atom stereocenters. The van der Waals surface area contributed by atoms with E-state index in [1.54, 1.807) is 17.4 Å². The number of halogens is 1. The molecule has 0 radical (unpaired) electrons. The number of rotatable bonds is 3. The molecule has 1 aromatic carbocycles. The molecule has 24 heavy (non-hydrogen) atoms. The highest BCUT2D eigenvalue weighted by atomic mass is 35.5. The van der Waals surface area contributed by atoms with Gasteiger partial charge in [0.25, 0.3) is 5.13 Å². The van der Waals surface area contributed by atoms with Crippen molar-refractivity contribution >= 4 is 22.2 Å². The first kappa shape index (κ1) is 17.2. The van der Waals surface area contributed by atoms with Crippen LogP contribution < -0.4 is 17.3 Å². The van der Waals surface area contributed by atoms with Crippen molar-refractivity contribution in [2.45, 2.75) is 31.8 Å². The summed E-state index contributed by atoms with van der Waals surface area (Å²) in [6.07, 6.45) is 4.33. The van der Waals surface area contributed by atoms with Gasteiger partial charge in [0, 0.05) is 17.4 Å². The van der Waals surface area contributed by atoms with Crippen molar-refractivity contribution in [1.82, 2.24) is 4.98 Å². The fourth-order valence-electron chi connectivity index (χ4n) is 3.22. The van der Waals surface area contributed by atoms with E-state index in [0.29, 0.717) is 6.42 Å². The van der Waals surface area contributed by atoms with Crippen LogP contribution in [0.15, 0.2) is 34.8 Å². The molecule has 1 saturated heterocycles. The summed E-state index contributed by atoms with van der Waals surface area (Å²) in [5, 5.41) is 17.4. The molecule has 2 aliphatic rings. The minimum absolute atomic E-state index is 0. The molecule has 1 fully saturated rings. The summed E-state index contributed by atoms with van der Waals surface area (Å²) in [6, 6.07) is 7.26. The number of nitrogens with zero attached hydrogens (tertiary/aromatic N) is 2. The Balaban J connectivity index is 0.00000169. The quantitative estimate of drug-likeness (QED) is 0.765. The van der Waals surface area contributed by atoms with E-state index in [4.69, 9.17) is 9.82 Å². The van der Waals surface area contributed by atoms with Crippen molar-refractivity contribution in [1.29, 1.82) is 0 Å². The second kappa shape index (κ2) is 7.51. The number of benzene rings is 1. The zero-order chi connectivity index (χ0) is 15.6. The van der Waals surface area contributed by atoms with Crippen LogP contribution in [0.5, 0.6) is 5.75 Å². The van der Waals surface area contributed by atoms with Gasteiger partial charge in [-0.2, -0.15) is 4.98 Å². The Morgan fingerprint density at radius 3 is 2.75 bits per heavy atom. The van der Waals surface area contributed by atoms with Gasteiger partial charge in [-0.05, 0) is 25.3 Å². The molecule has 0 amide bonds. The number of aromatic hydroxyl groups is 1. The average molecular weight is 366 g/mol. The monoisotopic (exact) mass is 365 g/mol. The van der Waals surface area contributed by atoms with Gasteiger partial charge in [-0.15, -0.1) is 0 Å². The van der Waals surface area contributed by atoms with E-state index in [9.17, 15) is 5.11 Å². The number of quaternary nitrogens is 1. The van der Waals surface area contributed by atoms with Crippen LogP contribution in [0.4, 0.5) is 5.13 Å². The lowest BCUT2D eigenvalue weighted by Crippen LogP contribution is -3.08. The van der Waals surface area contributed by atoms with E-state index in [-0.39, 0.29) is 24.3 Å². The van der Waals surface area contributed by atoms with Crippen molar-refractivity contribution in [3.63, 3.8) is 0 Å². The molecule has 2 aliphatic heterocycles. The van der Waals surface area contributed by atoms with Crippen LogP contribution in [0.25, 0.3) is 0 Å². The maximum absolute atomic E-state index is 9.95. The zero-order valence-corrected chi connectivity index (χ0v) is 14.8. The van der Waals surface area contributed by atoms with Crippen molar-refractivity contribution in [2.24, 2.45) is 5.16 Å². The first-order valence-corrected chi connectivity index (χ1v) is 9.01. The van der Waals surface area contributed by atoms with Crippen LogP contribution in [-0.4, -0.2) is 28.9 Å². The number of phenolic OH excluding ortho intramolecular Hbond substituents is 1. The fraction of sp³-hybridized carbons (Fsp3) is 0.412. The van der Waals surface area contributed by atoms with Gasteiger partial charge in [0.05, 0.1) is 13.1 Å². The van der Waals surface area contributed by atoms with Crippen LogP contribution in [0.1, 0.15) is 43.0 Å². The molecule has 5 nitrogen and oxygen atoms in total. The van der Waals surface area contributed by atoms with E-state index >= 15 is 0 Å². The average Bonchev–Trinajstić information content (AvgIpc) is 3.25. The Labute approximate surface area is 151 Å². The fourth-order valence-corrected chi connectivity index (χ4v) is 4.15. The van der Waals surface area contributed by atoms with E-state index in [2.05, 4.69) is 10.5 Å². The Bertz CT molecular complexity index is 728. The number of aromatic nitrogens is 1. The summed E-state index contributed by atoms with van der Waals surface area (Å²) in [5.41, 5.74) is 2.57. The van der Waals surface area contributed by atoms with Gasteiger partial charge in [0.15, 0.2) is 6.10 Å². The van der Waals surface area contributed by atoms with Gasteiger partial charge in [-0.3, -0.25) is 4.90 Å². The first-order chi connectivity index (χ1) is 11.3. The van der Waals surface area contributed by atoms with Crippen molar-refractivity contribution < 1.29 is 27.3 Å². The second-order valence-corrected chi connectivity index (χ2v) is 6.96. The van der Waals surface area contributed by atoms with Crippen LogP contribution >= 0.6 is 11.3 Å². The Morgan fingerprint density at radius 1 is 1.17 bits per heavy atom. The van der Waals surface area contributed by atoms with Crippen LogP contribution in [-0.2, 0) is 4.84 Å². The molecule has 7 heteroatoms. The molecule has 1 atom stereocenters. The van der Waals surface area contributed by atoms with Crippen molar-refractivity contribution in [3.8, 4) is 5.75 Å². The van der Waals surface area contributed by atoms with Crippen LogP contribution in [0.2, 0.25) is 0 Å². The molecule has 2 N–H and O–H groups in total. The lowest BCUT2D eigenvalue weighted by atomic mass is 10.0. The SMILES string of the molecule is Oc1ccccc1C1CC(c2csc([NH+]3CCCCC3)n2)=NO1.[Cl-]. The summed E-state index contributed by atoms with van der Waals surface area (Å²) in [4.78, 5) is 11.8. The molecule has 128 valence electrons. The molecule has 1 aromatic heterocycles. The lowest BCUT2D eigenvalue weighted by Gasteiger charge is -2.19. The van der Waals surface area contributed by atoms with Gasteiger partial charge in [0.1, 0.15) is 17.2 Å². The molecular weight excluding hydrogens is 346 g/mol. The maximum Gasteiger partial charge on any atom is 0.285 e. The summed E-state index contributed by atoms with van der Waals surface area (Å²) in [6.45, 7) is 2.35. The molecule has 0 aliphatic carbocycles. The predicted octanol–water partition coefficient (Wildman–Crippen LogP) is -0.581. The third-order valence-electron chi connectivity index (χ3n) is 4.51. The van der Waals surface area contributed by atoms with Crippen molar-refractivity contribution in [3.05, 3.63) is 40.9 Å². The normalized spacial score (nSPS) is 21.0. The molecule has 0 bridgehead atoms. The number of piperidine rings is 1. The Kier molecular flexibility index (Phi) is 5.38. The number of oxime groups is 1. The smallest absolute Gasteiger partial charge is 0.285 e. The number of nitrogens with one attached hydrogen (secondary N) is 1. The third-order valence-corrected chi connectivity index (χ3v) is 5.46. The van der Waals surface area contributed by atoms with E-state index < -0.39 is 0 Å². The predicted molar refractivity (Wildman–Crippen MR) is 89.4 cm³/mol. The number of hydrogen-bond donors (Lipinski definition) is 2. The number of hydrogen-bond acceptors (Lipinski definition) is 5. The lowest BCUT2D eigenvalue weighted by molar-refractivity contribution is -0.837. The van der Waals surface area contributed by atoms with Gasteiger partial charge in [-0.25, -0.2) is 0 Å². The van der Waals surface area contributed by atoms with E-state index in [1.165, 1.54) is 37.3 Å². The van der Waals surface area contributed by atoms with E-state index in [0.717, 1.165) is 22.1 Å². The standard InChI is InChI=1S/C17H19N3O2S.ClH/c21-15-7-3-2-6-12(15)16-10-13(19-22-16)14-11-23-17(18-14)20-8-4-1-5-9-20;/h2-3,6-7,11,16,21H,1,4-5,8-10H2;1H. The Hall–Kier alpha value is -1.63. The van der Waals surface area contributed by atoms with Crippen LogP contribution in [0, 0.1) is 0 Å². The number of para-hydroxylation sites is 1. The highest BCUT2D eigenvalue weighted by molar-refractivity contribution is 7.13. The van der Waals surface area contributed by atoms with E-state index in [1.807, 2.05) is 18.2 Å². The number of phenols is 1. The molecular formula is C17H20ClN3O2S. The highest BCUT2D eigenvalue weighted by Gasteiger charge is 2.28. The highest BCUT2D eigenvalue weighted by Crippen LogP contribution is 2.34. The van der Waals surface area contributed by atoms with Gasteiger partial charge < -0.3 is 22.4 Å². The molecule has 0 spiro atoms. The molecule has 4 rings (SSSR count). The van der Waals surface area contributed by atoms with Gasteiger partial charge >= 0.3 is 0 Å². The number of thiazole rings is 1. The minimum Gasteiger partial charge on any atom is -1.00 e. The van der Waals surface area contributed by atoms with Crippen LogP contribution in [0.3, 0.4) is 0 Å². The third kappa shape index (κ3) is 3.41. The zero-order valence-electron chi connectivity index (χ0n) is 13.2. The summed E-state index contributed by atoms with van der Waals surface area (Å²) < 4.78 is 0. The molecule has 0 saturated carbocycles. The first-order valence-electron chi connectivity index (χ1n) is 8.13. The summed E-state index contributed by atoms with van der Waals surface area (Å²) >= 11 is 1.71. The second-order valence-electron chi connectivity index (χ2n) is 6.10. The Morgan fingerprint density at radius 2 is 1.96 bits per heavy atom. The van der Waals surface area contributed by atoms with Crippen molar-refractivity contribution in [2.75, 3.05) is 13.1 Å². The topological polar surface area (TPSA) is 59.2 Å². The largest absolute Gasteiger partial charge is 1.00 e. The molecule has 2 aromatic rings. The molecule has 3 heterocycles.